The second-order valence-corrected chi connectivity index (χ2v) is 3.89. The standard InChI is InChI=1S/C11H24N2O3/c1-4-12-10(11(14)15)6-8-13(2)7-5-9-16-3/h10,12H,4-9H2,1-3H3,(H,14,15). The van der Waals surface area contributed by atoms with Gasteiger partial charge in [0, 0.05) is 20.3 Å². The highest BCUT2D eigenvalue weighted by Gasteiger charge is 2.15. The van der Waals surface area contributed by atoms with Crippen molar-refractivity contribution < 1.29 is 14.6 Å². The third-order valence-corrected chi connectivity index (χ3v) is 2.44. The smallest absolute Gasteiger partial charge is 0.320 e. The number of hydrogen-bond donors (Lipinski definition) is 2. The molecule has 0 saturated heterocycles. The summed E-state index contributed by atoms with van der Waals surface area (Å²) in [4.78, 5) is 13.0. The highest BCUT2D eigenvalue weighted by Crippen LogP contribution is 1.96. The van der Waals surface area contributed by atoms with E-state index >= 15 is 0 Å². The number of nitrogens with zero attached hydrogens (tertiary/aromatic N) is 1. The zero-order chi connectivity index (χ0) is 12.4. The molecule has 0 aliphatic rings. The van der Waals surface area contributed by atoms with E-state index in [4.69, 9.17) is 9.84 Å². The van der Waals surface area contributed by atoms with Crippen molar-refractivity contribution in [1.29, 1.82) is 0 Å². The normalized spacial score (nSPS) is 13.0. The van der Waals surface area contributed by atoms with Crippen molar-refractivity contribution >= 4 is 5.97 Å². The predicted octanol–water partition coefficient (Wildman–Crippen LogP) is 0.408. The van der Waals surface area contributed by atoms with Crippen LogP contribution in [0.1, 0.15) is 19.8 Å². The Morgan fingerprint density at radius 3 is 2.69 bits per heavy atom. The first-order chi connectivity index (χ1) is 7.61. The topological polar surface area (TPSA) is 61.8 Å². The van der Waals surface area contributed by atoms with Gasteiger partial charge in [0.2, 0.25) is 0 Å². The molecule has 0 aromatic carbocycles. The number of methoxy groups -OCH3 is 1. The number of carboxylic acids is 1. The van der Waals surface area contributed by atoms with Crippen LogP contribution in [0.5, 0.6) is 0 Å². The van der Waals surface area contributed by atoms with E-state index in [-0.39, 0.29) is 0 Å². The van der Waals surface area contributed by atoms with Crippen LogP contribution in [0.3, 0.4) is 0 Å². The number of likely N-dealkylation sites (N-methyl/N-ethyl adjacent to an activating group) is 1. The highest BCUT2D eigenvalue weighted by molar-refractivity contribution is 5.73. The van der Waals surface area contributed by atoms with Crippen molar-refractivity contribution in [3.63, 3.8) is 0 Å². The molecule has 0 aromatic rings. The van der Waals surface area contributed by atoms with Crippen LogP contribution in [0.25, 0.3) is 0 Å². The second-order valence-electron chi connectivity index (χ2n) is 3.89. The summed E-state index contributed by atoms with van der Waals surface area (Å²) < 4.78 is 4.96. The van der Waals surface area contributed by atoms with E-state index in [0.29, 0.717) is 13.0 Å². The second kappa shape index (κ2) is 9.57. The summed E-state index contributed by atoms with van der Waals surface area (Å²) in [5.74, 6) is -0.771. The molecule has 5 heteroatoms. The predicted molar refractivity (Wildman–Crippen MR) is 63.7 cm³/mol. The van der Waals surface area contributed by atoms with E-state index in [9.17, 15) is 4.79 Å². The van der Waals surface area contributed by atoms with Crippen LogP contribution in [0.4, 0.5) is 0 Å². The maximum atomic E-state index is 10.9. The van der Waals surface area contributed by atoms with Gasteiger partial charge in [-0.05, 0) is 33.0 Å². The van der Waals surface area contributed by atoms with E-state index in [1.165, 1.54) is 0 Å². The Morgan fingerprint density at radius 2 is 2.19 bits per heavy atom. The van der Waals surface area contributed by atoms with Crippen molar-refractivity contribution in [2.24, 2.45) is 0 Å². The zero-order valence-corrected chi connectivity index (χ0v) is 10.5. The number of rotatable bonds is 10. The molecule has 0 rings (SSSR count). The minimum Gasteiger partial charge on any atom is -0.480 e. The first-order valence-corrected chi connectivity index (χ1v) is 5.75. The van der Waals surface area contributed by atoms with Crippen molar-refractivity contribution in [3.05, 3.63) is 0 Å². The summed E-state index contributed by atoms with van der Waals surface area (Å²) in [5.41, 5.74) is 0. The summed E-state index contributed by atoms with van der Waals surface area (Å²) in [5, 5.41) is 11.9. The van der Waals surface area contributed by atoms with Crippen LogP contribution in [-0.2, 0) is 9.53 Å². The van der Waals surface area contributed by atoms with E-state index < -0.39 is 12.0 Å². The molecule has 0 fully saturated rings. The number of hydrogen-bond acceptors (Lipinski definition) is 4. The third-order valence-electron chi connectivity index (χ3n) is 2.44. The van der Waals surface area contributed by atoms with Gasteiger partial charge in [-0.1, -0.05) is 6.92 Å². The van der Waals surface area contributed by atoms with Crippen molar-refractivity contribution in [2.75, 3.05) is 40.4 Å². The Kier molecular flexibility index (Phi) is 9.18. The van der Waals surface area contributed by atoms with Crippen LogP contribution in [-0.4, -0.2) is 62.4 Å². The van der Waals surface area contributed by atoms with Gasteiger partial charge < -0.3 is 20.1 Å². The Hall–Kier alpha value is -0.650. The summed E-state index contributed by atoms with van der Waals surface area (Å²) in [7, 11) is 3.69. The maximum absolute atomic E-state index is 10.9. The molecule has 1 atom stereocenters. The fourth-order valence-corrected chi connectivity index (χ4v) is 1.50. The number of ether oxygens (including phenoxy) is 1. The fraction of sp³-hybridized carbons (Fsp3) is 0.909. The molecule has 5 nitrogen and oxygen atoms in total. The van der Waals surface area contributed by atoms with E-state index in [0.717, 1.165) is 26.1 Å². The van der Waals surface area contributed by atoms with Gasteiger partial charge in [0.15, 0.2) is 0 Å². The Labute approximate surface area is 97.8 Å². The number of nitrogens with one attached hydrogen (secondary N) is 1. The average Bonchev–Trinajstić information content (AvgIpc) is 2.24. The molecule has 0 aliphatic heterocycles. The maximum Gasteiger partial charge on any atom is 0.320 e. The van der Waals surface area contributed by atoms with E-state index in [1.807, 2.05) is 14.0 Å². The summed E-state index contributed by atoms with van der Waals surface area (Å²) >= 11 is 0. The van der Waals surface area contributed by atoms with Crippen LogP contribution in [0.2, 0.25) is 0 Å². The molecule has 16 heavy (non-hydrogen) atoms. The molecule has 0 bridgehead atoms. The highest BCUT2D eigenvalue weighted by atomic mass is 16.5. The molecule has 0 aromatic heterocycles. The molecule has 0 aliphatic carbocycles. The fourth-order valence-electron chi connectivity index (χ4n) is 1.50. The number of carbonyl (C=O) groups is 1. The summed E-state index contributed by atoms with van der Waals surface area (Å²) in [6, 6.07) is -0.435. The van der Waals surface area contributed by atoms with Gasteiger partial charge >= 0.3 is 5.97 Å². The SMILES string of the molecule is CCNC(CCN(C)CCCOC)C(=O)O. The Bertz CT molecular complexity index is 188. The molecule has 96 valence electrons. The van der Waals surface area contributed by atoms with Gasteiger partial charge in [-0.3, -0.25) is 4.79 Å². The largest absolute Gasteiger partial charge is 0.480 e. The van der Waals surface area contributed by atoms with Crippen molar-refractivity contribution in [3.8, 4) is 0 Å². The number of carboxylic acid groups (broad SMARTS) is 1. The van der Waals surface area contributed by atoms with Gasteiger partial charge in [0.25, 0.3) is 0 Å². The molecule has 0 saturated carbocycles. The zero-order valence-electron chi connectivity index (χ0n) is 10.5. The molecule has 0 heterocycles. The molecule has 0 amide bonds. The van der Waals surface area contributed by atoms with Crippen LogP contribution in [0.15, 0.2) is 0 Å². The lowest BCUT2D eigenvalue weighted by Gasteiger charge is -2.19. The van der Waals surface area contributed by atoms with Gasteiger partial charge in [-0.2, -0.15) is 0 Å². The molecule has 1 unspecified atom stereocenters. The van der Waals surface area contributed by atoms with Gasteiger partial charge in [0.05, 0.1) is 0 Å². The van der Waals surface area contributed by atoms with E-state index in [1.54, 1.807) is 7.11 Å². The Morgan fingerprint density at radius 1 is 1.50 bits per heavy atom. The first-order valence-electron chi connectivity index (χ1n) is 5.75. The van der Waals surface area contributed by atoms with Crippen LogP contribution in [0, 0.1) is 0 Å². The summed E-state index contributed by atoms with van der Waals surface area (Å²) in [6.07, 6.45) is 1.61. The van der Waals surface area contributed by atoms with Gasteiger partial charge in [-0.25, -0.2) is 0 Å². The molecule has 0 spiro atoms. The van der Waals surface area contributed by atoms with Crippen LogP contribution < -0.4 is 5.32 Å². The first kappa shape index (κ1) is 15.3. The molecule has 2 N–H and O–H groups in total. The Balaban J connectivity index is 3.69. The lowest BCUT2D eigenvalue weighted by atomic mass is 10.2. The minimum atomic E-state index is -0.771. The van der Waals surface area contributed by atoms with Gasteiger partial charge in [0.1, 0.15) is 6.04 Å². The molecule has 0 radical (unpaired) electrons. The lowest BCUT2D eigenvalue weighted by Crippen LogP contribution is -2.39. The van der Waals surface area contributed by atoms with Crippen molar-refractivity contribution in [1.82, 2.24) is 10.2 Å². The monoisotopic (exact) mass is 232 g/mol. The summed E-state index contributed by atoms with van der Waals surface area (Å²) in [6.45, 7) is 5.07. The average molecular weight is 232 g/mol. The molecular weight excluding hydrogens is 208 g/mol. The lowest BCUT2D eigenvalue weighted by molar-refractivity contribution is -0.139. The minimum absolute atomic E-state index is 0.435. The van der Waals surface area contributed by atoms with E-state index in [2.05, 4.69) is 10.2 Å². The molecular formula is C11H24N2O3. The van der Waals surface area contributed by atoms with Gasteiger partial charge in [-0.15, -0.1) is 0 Å². The quantitative estimate of drug-likeness (QED) is 0.534. The number of aliphatic carboxylic acids is 1. The third kappa shape index (κ3) is 7.62. The van der Waals surface area contributed by atoms with Crippen molar-refractivity contribution in [2.45, 2.75) is 25.8 Å². The van der Waals surface area contributed by atoms with Crippen LogP contribution >= 0.6 is 0 Å².